The van der Waals surface area contributed by atoms with Gasteiger partial charge in [-0.3, -0.25) is 9.67 Å². The fourth-order valence-electron chi connectivity index (χ4n) is 2.22. The Kier molecular flexibility index (Phi) is 6.40. The maximum absolute atomic E-state index is 12.9. The molecule has 0 aliphatic heterocycles. The second-order valence-electron chi connectivity index (χ2n) is 5.35. The van der Waals surface area contributed by atoms with Crippen LogP contribution in [0.4, 0.5) is 13.2 Å². The number of halogens is 3. The second kappa shape index (κ2) is 8.32. The molecular weight excluding hydrogens is 353 g/mol. The van der Waals surface area contributed by atoms with Gasteiger partial charge in [-0.1, -0.05) is 6.92 Å². The Labute approximate surface area is 148 Å². The van der Waals surface area contributed by atoms with Gasteiger partial charge in [0.05, 0.1) is 5.01 Å². The van der Waals surface area contributed by atoms with E-state index in [9.17, 15) is 13.2 Å². The molecule has 0 aliphatic rings. The van der Waals surface area contributed by atoms with Crippen LogP contribution in [-0.4, -0.2) is 34.3 Å². The molecule has 2 heterocycles. The van der Waals surface area contributed by atoms with E-state index in [1.807, 2.05) is 6.20 Å². The number of alkyl halides is 3. The number of nitrogens with zero attached hydrogens (tertiary/aromatic N) is 4. The van der Waals surface area contributed by atoms with E-state index < -0.39 is 11.9 Å². The molecule has 0 aromatic carbocycles. The normalized spacial score (nSPS) is 12.5. The van der Waals surface area contributed by atoms with Gasteiger partial charge in [0.2, 0.25) is 0 Å². The van der Waals surface area contributed by atoms with Crippen molar-refractivity contribution in [2.45, 2.75) is 32.5 Å². The number of aliphatic imine (C=N–C) groups is 1. The van der Waals surface area contributed by atoms with E-state index in [2.05, 4.69) is 32.6 Å². The van der Waals surface area contributed by atoms with Crippen LogP contribution in [0.25, 0.3) is 0 Å². The van der Waals surface area contributed by atoms with Crippen LogP contribution in [0.1, 0.15) is 28.1 Å². The Morgan fingerprint density at radius 3 is 2.72 bits per heavy atom. The second-order valence-corrected chi connectivity index (χ2v) is 6.55. The van der Waals surface area contributed by atoms with E-state index >= 15 is 0 Å². The Balaban J connectivity index is 1.86. The third kappa shape index (κ3) is 5.45. The first kappa shape index (κ1) is 19.2. The standard InChI is InChI=1S/C15H21F3N6S/c1-4-11-8-21-12(25-11)5-6-20-14(19-2)22-7-10-9-24(3)23-13(10)15(16,17)18/h8-9H,4-7H2,1-3H3,(H2,19,20,22). The molecule has 0 amide bonds. The third-order valence-corrected chi connectivity index (χ3v) is 4.63. The quantitative estimate of drug-likeness (QED) is 0.602. The van der Waals surface area contributed by atoms with E-state index in [0.29, 0.717) is 12.5 Å². The lowest BCUT2D eigenvalue weighted by Crippen LogP contribution is -2.38. The highest BCUT2D eigenvalue weighted by Gasteiger charge is 2.36. The van der Waals surface area contributed by atoms with Crippen molar-refractivity contribution in [1.29, 1.82) is 0 Å². The summed E-state index contributed by atoms with van der Waals surface area (Å²) >= 11 is 1.66. The molecule has 25 heavy (non-hydrogen) atoms. The zero-order valence-corrected chi connectivity index (χ0v) is 15.1. The first-order valence-corrected chi connectivity index (χ1v) is 8.63. The number of thiazole rings is 1. The predicted octanol–water partition coefficient (Wildman–Crippen LogP) is 2.37. The molecule has 2 aromatic heterocycles. The molecule has 138 valence electrons. The Hall–Kier alpha value is -2.10. The first-order valence-electron chi connectivity index (χ1n) is 7.81. The molecule has 0 atom stereocenters. The van der Waals surface area contributed by atoms with Crippen LogP contribution in [0.2, 0.25) is 0 Å². The van der Waals surface area contributed by atoms with E-state index in [1.165, 1.54) is 18.1 Å². The van der Waals surface area contributed by atoms with Crippen LogP contribution in [0.3, 0.4) is 0 Å². The molecule has 10 heteroatoms. The van der Waals surface area contributed by atoms with Gasteiger partial charge in [0, 0.05) is 56.4 Å². The minimum atomic E-state index is -4.48. The van der Waals surface area contributed by atoms with Gasteiger partial charge in [-0.15, -0.1) is 11.3 Å². The summed E-state index contributed by atoms with van der Waals surface area (Å²) in [6.07, 6.45) is 0.434. The summed E-state index contributed by atoms with van der Waals surface area (Å²) in [5.74, 6) is 0.434. The lowest BCUT2D eigenvalue weighted by molar-refractivity contribution is -0.142. The average molecular weight is 374 g/mol. The van der Waals surface area contributed by atoms with E-state index in [1.54, 1.807) is 18.4 Å². The van der Waals surface area contributed by atoms with Crippen molar-refractivity contribution < 1.29 is 13.2 Å². The van der Waals surface area contributed by atoms with Crippen molar-refractivity contribution in [2.75, 3.05) is 13.6 Å². The highest BCUT2D eigenvalue weighted by Crippen LogP contribution is 2.30. The third-order valence-electron chi connectivity index (χ3n) is 3.42. The van der Waals surface area contributed by atoms with Crippen molar-refractivity contribution in [3.05, 3.63) is 33.5 Å². The molecule has 0 radical (unpaired) electrons. The van der Waals surface area contributed by atoms with Gasteiger partial charge in [-0.2, -0.15) is 18.3 Å². The molecule has 0 spiro atoms. The molecule has 0 saturated heterocycles. The average Bonchev–Trinajstić information content (AvgIpc) is 3.16. The molecule has 2 rings (SSSR count). The van der Waals surface area contributed by atoms with Crippen molar-refractivity contribution >= 4 is 17.3 Å². The van der Waals surface area contributed by atoms with Gasteiger partial charge in [-0.05, 0) is 6.42 Å². The SMILES string of the molecule is CCc1cnc(CCNC(=NC)NCc2cn(C)nc2C(F)(F)F)s1. The fraction of sp³-hybridized carbons (Fsp3) is 0.533. The zero-order chi connectivity index (χ0) is 18.4. The fourth-order valence-corrected chi connectivity index (χ4v) is 3.08. The predicted molar refractivity (Wildman–Crippen MR) is 91.6 cm³/mol. The largest absolute Gasteiger partial charge is 0.435 e. The summed E-state index contributed by atoms with van der Waals surface area (Å²) in [6, 6.07) is 0. The van der Waals surface area contributed by atoms with Crippen molar-refractivity contribution in [1.82, 2.24) is 25.4 Å². The molecule has 0 fully saturated rings. The highest BCUT2D eigenvalue weighted by atomic mass is 32.1. The van der Waals surface area contributed by atoms with Gasteiger partial charge in [-0.25, -0.2) is 4.98 Å². The summed E-state index contributed by atoms with van der Waals surface area (Å²) in [5, 5.41) is 10.5. The molecule has 0 unspecified atom stereocenters. The van der Waals surface area contributed by atoms with Crippen LogP contribution in [0.15, 0.2) is 17.4 Å². The maximum Gasteiger partial charge on any atom is 0.435 e. The Morgan fingerprint density at radius 2 is 2.12 bits per heavy atom. The van der Waals surface area contributed by atoms with Gasteiger partial charge in [0.15, 0.2) is 11.7 Å². The van der Waals surface area contributed by atoms with E-state index in [4.69, 9.17) is 0 Å². The van der Waals surface area contributed by atoms with E-state index in [-0.39, 0.29) is 12.1 Å². The van der Waals surface area contributed by atoms with E-state index in [0.717, 1.165) is 22.5 Å². The van der Waals surface area contributed by atoms with Crippen LogP contribution in [0, 0.1) is 0 Å². The summed E-state index contributed by atoms with van der Waals surface area (Å²) in [5.41, 5.74) is -0.807. The minimum absolute atomic E-state index is 0.0143. The minimum Gasteiger partial charge on any atom is -0.356 e. The molecule has 0 bridgehead atoms. The maximum atomic E-state index is 12.9. The van der Waals surface area contributed by atoms with Gasteiger partial charge in [0.1, 0.15) is 0 Å². The summed E-state index contributed by atoms with van der Waals surface area (Å²) in [7, 11) is 3.03. The summed E-state index contributed by atoms with van der Waals surface area (Å²) in [6.45, 7) is 2.66. The van der Waals surface area contributed by atoms with Crippen molar-refractivity contribution in [2.24, 2.45) is 12.0 Å². The number of rotatable bonds is 6. The van der Waals surface area contributed by atoms with Crippen LogP contribution in [0.5, 0.6) is 0 Å². The molecule has 2 aromatic rings. The Bertz CT molecular complexity index is 719. The van der Waals surface area contributed by atoms with Crippen LogP contribution in [-0.2, 0) is 32.6 Å². The van der Waals surface area contributed by atoms with Crippen LogP contribution >= 0.6 is 11.3 Å². The van der Waals surface area contributed by atoms with Crippen molar-refractivity contribution in [3.8, 4) is 0 Å². The number of aryl methyl sites for hydroxylation is 2. The molecule has 0 saturated carbocycles. The zero-order valence-electron chi connectivity index (χ0n) is 14.3. The number of hydrogen-bond donors (Lipinski definition) is 2. The molecular formula is C15H21F3N6S. The number of aromatic nitrogens is 3. The number of hydrogen-bond acceptors (Lipinski definition) is 4. The van der Waals surface area contributed by atoms with Gasteiger partial charge < -0.3 is 10.6 Å². The summed E-state index contributed by atoms with van der Waals surface area (Å²) in [4.78, 5) is 9.58. The van der Waals surface area contributed by atoms with Crippen LogP contribution < -0.4 is 10.6 Å². The summed E-state index contributed by atoms with van der Waals surface area (Å²) < 4.78 is 40.0. The first-order chi connectivity index (χ1) is 11.8. The molecule has 2 N–H and O–H groups in total. The number of guanidine groups is 1. The monoisotopic (exact) mass is 374 g/mol. The molecule has 6 nitrogen and oxygen atoms in total. The smallest absolute Gasteiger partial charge is 0.356 e. The highest BCUT2D eigenvalue weighted by molar-refractivity contribution is 7.11. The van der Waals surface area contributed by atoms with Crippen molar-refractivity contribution in [3.63, 3.8) is 0 Å². The van der Waals surface area contributed by atoms with Gasteiger partial charge >= 0.3 is 6.18 Å². The van der Waals surface area contributed by atoms with Gasteiger partial charge in [0.25, 0.3) is 0 Å². The molecule has 0 aliphatic carbocycles. The number of nitrogens with one attached hydrogen (secondary N) is 2. The topological polar surface area (TPSA) is 67.1 Å². The lowest BCUT2D eigenvalue weighted by Gasteiger charge is -2.12. The lowest BCUT2D eigenvalue weighted by atomic mass is 10.2. The Morgan fingerprint density at radius 1 is 1.36 bits per heavy atom.